The molecular weight excluding hydrogens is 160 g/mol. The summed E-state index contributed by atoms with van der Waals surface area (Å²) in [5.41, 5.74) is 5.49. The molecule has 1 unspecified atom stereocenters. The smallest absolute Gasteiger partial charge is 0.0161 e. The molecule has 0 aromatic rings. The summed E-state index contributed by atoms with van der Waals surface area (Å²) >= 11 is 0. The molecule has 0 aromatic carbocycles. The monoisotopic (exact) mass is 186 g/mol. The zero-order valence-electron chi connectivity index (χ0n) is 9.31. The van der Waals surface area contributed by atoms with Crippen LogP contribution in [-0.2, 0) is 0 Å². The highest BCUT2D eigenvalue weighted by Gasteiger charge is 1.95. The topological polar surface area (TPSA) is 38.0 Å². The van der Waals surface area contributed by atoms with E-state index in [1.807, 2.05) is 0 Å². The number of unbranched alkanes of at least 4 members (excludes halogenated alkanes) is 5. The van der Waals surface area contributed by atoms with Gasteiger partial charge in [-0.1, -0.05) is 39.0 Å². The molecule has 1 atom stereocenters. The van der Waals surface area contributed by atoms with Crippen LogP contribution in [0.25, 0.3) is 0 Å². The highest BCUT2D eigenvalue weighted by molar-refractivity contribution is 4.59. The quantitative estimate of drug-likeness (QED) is 0.542. The van der Waals surface area contributed by atoms with Gasteiger partial charge >= 0.3 is 0 Å². The molecule has 2 heteroatoms. The summed E-state index contributed by atoms with van der Waals surface area (Å²) in [5, 5.41) is 3.40. The lowest BCUT2D eigenvalue weighted by atomic mass is 10.1. The van der Waals surface area contributed by atoms with Crippen molar-refractivity contribution in [3.63, 3.8) is 0 Å². The summed E-state index contributed by atoms with van der Waals surface area (Å²) in [6, 6.07) is 0.482. The third-order valence-corrected chi connectivity index (χ3v) is 2.38. The Morgan fingerprint density at radius 2 is 1.69 bits per heavy atom. The highest BCUT2D eigenvalue weighted by Crippen LogP contribution is 2.03. The van der Waals surface area contributed by atoms with Crippen molar-refractivity contribution in [2.24, 2.45) is 5.73 Å². The molecule has 0 fully saturated rings. The molecule has 0 spiro atoms. The fourth-order valence-electron chi connectivity index (χ4n) is 1.34. The number of nitrogens with one attached hydrogen (secondary N) is 1. The van der Waals surface area contributed by atoms with Gasteiger partial charge in [-0.3, -0.25) is 0 Å². The Kier molecular flexibility index (Phi) is 9.94. The van der Waals surface area contributed by atoms with Crippen molar-refractivity contribution in [2.45, 2.75) is 58.4 Å². The maximum absolute atomic E-state index is 5.49. The van der Waals surface area contributed by atoms with Gasteiger partial charge in [0.25, 0.3) is 0 Å². The van der Waals surface area contributed by atoms with Crippen molar-refractivity contribution in [1.82, 2.24) is 5.32 Å². The predicted molar refractivity (Wildman–Crippen MR) is 59.9 cm³/mol. The van der Waals surface area contributed by atoms with Crippen molar-refractivity contribution in [3.05, 3.63) is 0 Å². The molecule has 0 aliphatic heterocycles. The molecule has 0 saturated carbocycles. The fourth-order valence-corrected chi connectivity index (χ4v) is 1.34. The summed E-state index contributed by atoms with van der Waals surface area (Å²) < 4.78 is 0. The molecule has 0 radical (unpaired) electrons. The van der Waals surface area contributed by atoms with Gasteiger partial charge in [0, 0.05) is 12.6 Å². The molecule has 0 bridgehead atoms. The first-order valence-electron chi connectivity index (χ1n) is 5.74. The number of nitrogens with two attached hydrogens (primary N) is 1. The Morgan fingerprint density at radius 3 is 2.31 bits per heavy atom. The van der Waals surface area contributed by atoms with E-state index in [4.69, 9.17) is 5.73 Å². The maximum Gasteiger partial charge on any atom is 0.0161 e. The van der Waals surface area contributed by atoms with E-state index in [0.29, 0.717) is 6.04 Å². The maximum atomic E-state index is 5.49. The SMILES string of the molecule is CCCCCCCCNC(C)CN. The van der Waals surface area contributed by atoms with Crippen LogP contribution in [0.5, 0.6) is 0 Å². The van der Waals surface area contributed by atoms with Crippen LogP contribution < -0.4 is 11.1 Å². The largest absolute Gasteiger partial charge is 0.329 e. The average Bonchev–Trinajstić information content (AvgIpc) is 2.16. The van der Waals surface area contributed by atoms with Gasteiger partial charge in [0.2, 0.25) is 0 Å². The lowest BCUT2D eigenvalue weighted by molar-refractivity contribution is 0.518. The molecule has 0 heterocycles. The lowest BCUT2D eigenvalue weighted by Crippen LogP contribution is -2.33. The second-order valence-corrected chi connectivity index (χ2v) is 3.86. The van der Waals surface area contributed by atoms with Gasteiger partial charge in [-0.25, -0.2) is 0 Å². The van der Waals surface area contributed by atoms with Crippen LogP contribution in [0.15, 0.2) is 0 Å². The minimum absolute atomic E-state index is 0.482. The van der Waals surface area contributed by atoms with E-state index < -0.39 is 0 Å². The van der Waals surface area contributed by atoms with E-state index in [-0.39, 0.29) is 0 Å². The van der Waals surface area contributed by atoms with E-state index in [1.54, 1.807) is 0 Å². The average molecular weight is 186 g/mol. The number of rotatable bonds is 9. The van der Waals surface area contributed by atoms with Crippen molar-refractivity contribution in [3.8, 4) is 0 Å². The highest BCUT2D eigenvalue weighted by atomic mass is 14.9. The Bertz CT molecular complexity index is 94.1. The first-order chi connectivity index (χ1) is 6.31. The molecule has 0 amide bonds. The van der Waals surface area contributed by atoms with Gasteiger partial charge in [0.05, 0.1) is 0 Å². The van der Waals surface area contributed by atoms with Crippen LogP contribution in [-0.4, -0.2) is 19.1 Å². The molecule has 0 rings (SSSR count). The Morgan fingerprint density at radius 1 is 1.08 bits per heavy atom. The Labute approximate surface area is 83.3 Å². The summed E-state index contributed by atoms with van der Waals surface area (Å²) in [7, 11) is 0. The minimum Gasteiger partial charge on any atom is -0.329 e. The summed E-state index contributed by atoms with van der Waals surface area (Å²) in [6.07, 6.45) is 8.20. The Balaban J connectivity index is 2.91. The normalized spacial score (nSPS) is 13.2. The number of hydrogen-bond donors (Lipinski definition) is 2. The molecular formula is C11H26N2. The van der Waals surface area contributed by atoms with Crippen molar-refractivity contribution in [1.29, 1.82) is 0 Å². The predicted octanol–water partition coefficient (Wildman–Crippen LogP) is 2.28. The van der Waals surface area contributed by atoms with Gasteiger partial charge in [-0.2, -0.15) is 0 Å². The number of hydrogen-bond acceptors (Lipinski definition) is 2. The first kappa shape index (κ1) is 12.9. The molecule has 0 aliphatic rings. The van der Waals surface area contributed by atoms with Crippen molar-refractivity contribution in [2.75, 3.05) is 13.1 Å². The van der Waals surface area contributed by atoms with E-state index >= 15 is 0 Å². The third kappa shape index (κ3) is 9.84. The summed E-state index contributed by atoms with van der Waals surface area (Å²) in [4.78, 5) is 0. The lowest BCUT2D eigenvalue weighted by Gasteiger charge is -2.10. The van der Waals surface area contributed by atoms with Crippen molar-refractivity contribution >= 4 is 0 Å². The zero-order chi connectivity index (χ0) is 9.94. The van der Waals surface area contributed by atoms with Gasteiger partial charge < -0.3 is 11.1 Å². The van der Waals surface area contributed by atoms with Crippen LogP contribution in [0.4, 0.5) is 0 Å². The minimum atomic E-state index is 0.482. The van der Waals surface area contributed by atoms with Gasteiger partial charge in [0.15, 0.2) is 0 Å². The molecule has 3 N–H and O–H groups in total. The van der Waals surface area contributed by atoms with Gasteiger partial charge in [-0.05, 0) is 19.9 Å². The van der Waals surface area contributed by atoms with Gasteiger partial charge in [-0.15, -0.1) is 0 Å². The molecule has 0 aromatic heterocycles. The first-order valence-corrected chi connectivity index (χ1v) is 5.74. The standard InChI is InChI=1S/C11H26N2/c1-3-4-5-6-7-8-9-13-11(2)10-12/h11,13H,3-10,12H2,1-2H3. The second kappa shape index (κ2) is 10.0. The Hall–Kier alpha value is -0.0800. The molecule has 2 nitrogen and oxygen atoms in total. The van der Waals surface area contributed by atoms with Crippen LogP contribution in [0, 0.1) is 0 Å². The summed E-state index contributed by atoms with van der Waals surface area (Å²) in [5.74, 6) is 0. The van der Waals surface area contributed by atoms with E-state index in [9.17, 15) is 0 Å². The van der Waals surface area contributed by atoms with Crippen LogP contribution in [0.1, 0.15) is 52.4 Å². The summed E-state index contributed by atoms with van der Waals surface area (Å²) in [6.45, 7) is 6.27. The fraction of sp³-hybridized carbons (Fsp3) is 1.00. The van der Waals surface area contributed by atoms with Crippen LogP contribution >= 0.6 is 0 Å². The molecule has 80 valence electrons. The van der Waals surface area contributed by atoms with Crippen LogP contribution in [0.2, 0.25) is 0 Å². The van der Waals surface area contributed by atoms with E-state index in [2.05, 4.69) is 19.2 Å². The van der Waals surface area contributed by atoms with Crippen molar-refractivity contribution < 1.29 is 0 Å². The van der Waals surface area contributed by atoms with E-state index in [1.165, 1.54) is 38.5 Å². The third-order valence-electron chi connectivity index (χ3n) is 2.38. The zero-order valence-corrected chi connectivity index (χ0v) is 9.31. The van der Waals surface area contributed by atoms with E-state index in [0.717, 1.165) is 13.1 Å². The van der Waals surface area contributed by atoms with Crippen LogP contribution in [0.3, 0.4) is 0 Å². The molecule has 13 heavy (non-hydrogen) atoms. The molecule has 0 aliphatic carbocycles. The second-order valence-electron chi connectivity index (χ2n) is 3.86. The van der Waals surface area contributed by atoms with Gasteiger partial charge in [0.1, 0.15) is 0 Å². The molecule has 0 saturated heterocycles.